The first kappa shape index (κ1) is 25.2. The van der Waals surface area contributed by atoms with E-state index in [1.807, 2.05) is 25.3 Å². The van der Waals surface area contributed by atoms with Gasteiger partial charge in [-0.05, 0) is 57.7 Å². The molecule has 0 saturated heterocycles. The Morgan fingerprint density at radius 2 is 1.81 bits per heavy atom. The predicted molar refractivity (Wildman–Crippen MR) is 131 cm³/mol. The van der Waals surface area contributed by atoms with E-state index in [1.54, 1.807) is 18.2 Å². The number of imide groups is 1. The maximum Gasteiger partial charge on any atom is 0.306 e. The number of fused-ring (bicyclic) bond motifs is 1. The van der Waals surface area contributed by atoms with Crippen LogP contribution in [0.3, 0.4) is 0 Å². The van der Waals surface area contributed by atoms with Crippen LogP contribution in [-0.4, -0.2) is 46.3 Å². The number of hydrogen-bond acceptors (Lipinski definition) is 6. The lowest BCUT2D eigenvalue weighted by Crippen LogP contribution is -2.31. The molecular formula is C27H30N4O5. The average Bonchev–Trinajstić information content (AvgIpc) is 3.51. The molecule has 9 heteroatoms. The van der Waals surface area contributed by atoms with Crippen molar-refractivity contribution in [2.75, 3.05) is 18.5 Å². The van der Waals surface area contributed by atoms with E-state index in [0.717, 1.165) is 47.4 Å². The summed E-state index contributed by atoms with van der Waals surface area (Å²) in [5, 5.41) is 12.4. The van der Waals surface area contributed by atoms with Gasteiger partial charge in [0.2, 0.25) is 0 Å². The van der Waals surface area contributed by atoms with Gasteiger partial charge in [-0.25, -0.2) is 0 Å². The van der Waals surface area contributed by atoms with Crippen molar-refractivity contribution < 1.29 is 23.9 Å². The lowest BCUT2D eigenvalue weighted by atomic mass is 10.1. The van der Waals surface area contributed by atoms with Gasteiger partial charge in [0.15, 0.2) is 6.61 Å². The van der Waals surface area contributed by atoms with Crippen molar-refractivity contribution in [3.63, 3.8) is 0 Å². The normalized spacial score (nSPS) is 15.2. The van der Waals surface area contributed by atoms with Gasteiger partial charge in [-0.15, -0.1) is 0 Å². The number of nitriles is 1. The first-order chi connectivity index (χ1) is 17.2. The topological polar surface area (TPSA) is 122 Å². The zero-order valence-electron chi connectivity index (χ0n) is 20.8. The molecule has 0 atom stereocenters. The Kier molecular flexibility index (Phi) is 7.25. The van der Waals surface area contributed by atoms with Gasteiger partial charge in [-0.2, -0.15) is 5.26 Å². The van der Waals surface area contributed by atoms with Crippen molar-refractivity contribution in [1.29, 1.82) is 5.26 Å². The van der Waals surface area contributed by atoms with Gasteiger partial charge in [0, 0.05) is 24.7 Å². The molecule has 1 aromatic heterocycles. The number of nitrogens with zero attached hydrogens (tertiary/aromatic N) is 3. The summed E-state index contributed by atoms with van der Waals surface area (Å²) in [5.74, 6) is -1.40. The van der Waals surface area contributed by atoms with Crippen LogP contribution in [0.5, 0.6) is 0 Å². The Morgan fingerprint density at radius 3 is 2.50 bits per heavy atom. The number of rotatable bonds is 8. The number of esters is 1. The van der Waals surface area contributed by atoms with Crippen LogP contribution in [0.4, 0.5) is 5.82 Å². The number of aromatic nitrogens is 1. The summed E-state index contributed by atoms with van der Waals surface area (Å²) >= 11 is 0. The molecule has 0 unspecified atom stereocenters. The number of amides is 3. The minimum Gasteiger partial charge on any atom is -0.456 e. The molecule has 2 aliphatic rings. The highest BCUT2D eigenvalue weighted by Crippen LogP contribution is 2.37. The van der Waals surface area contributed by atoms with Crippen LogP contribution in [0, 0.1) is 32.1 Å². The number of carbonyl (C=O) groups is 4. The monoisotopic (exact) mass is 490 g/mol. The Hall–Kier alpha value is -3.93. The van der Waals surface area contributed by atoms with E-state index in [4.69, 9.17) is 4.74 Å². The third-order valence-corrected chi connectivity index (χ3v) is 7.07. The fourth-order valence-electron chi connectivity index (χ4n) is 5.08. The van der Waals surface area contributed by atoms with Gasteiger partial charge in [0.25, 0.3) is 17.7 Å². The first-order valence-electron chi connectivity index (χ1n) is 12.3. The van der Waals surface area contributed by atoms with Crippen molar-refractivity contribution in [3.05, 3.63) is 51.7 Å². The van der Waals surface area contributed by atoms with Crippen LogP contribution in [-0.2, 0) is 14.3 Å². The lowest BCUT2D eigenvalue weighted by molar-refractivity contribution is -0.147. The zero-order valence-corrected chi connectivity index (χ0v) is 20.8. The second-order valence-electron chi connectivity index (χ2n) is 9.48. The van der Waals surface area contributed by atoms with Gasteiger partial charge in [0.1, 0.15) is 11.9 Å². The van der Waals surface area contributed by atoms with E-state index in [0.29, 0.717) is 22.5 Å². The van der Waals surface area contributed by atoms with Gasteiger partial charge < -0.3 is 14.6 Å². The number of aryl methyl sites for hydroxylation is 1. The quantitative estimate of drug-likeness (QED) is 0.442. The highest BCUT2D eigenvalue weighted by atomic mass is 16.5. The molecule has 4 rings (SSSR count). The van der Waals surface area contributed by atoms with E-state index < -0.39 is 18.5 Å². The lowest BCUT2D eigenvalue weighted by Gasteiger charge is -2.19. The van der Waals surface area contributed by atoms with Gasteiger partial charge in [-0.1, -0.05) is 24.5 Å². The van der Waals surface area contributed by atoms with Crippen LogP contribution in [0.15, 0.2) is 18.2 Å². The number of carbonyl (C=O) groups excluding carboxylic acids is 4. The third kappa shape index (κ3) is 4.76. The maximum absolute atomic E-state index is 12.6. The van der Waals surface area contributed by atoms with Crippen molar-refractivity contribution in [2.45, 2.75) is 65.3 Å². The Balaban J connectivity index is 1.29. The van der Waals surface area contributed by atoms with Crippen LogP contribution in [0.1, 0.15) is 87.7 Å². The second kappa shape index (κ2) is 10.4. The summed E-state index contributed by atoms with van der Waals surface area (Å²) in [6.07, 6.45) is 4.38. The van der Waals surface area contributed by atoms with E-state index in [-0.39, 0.29) is 37.2 Å². The number of benzene rings is 1. The Bertz CT molecular complexity index is 1280. The summed E-state index contributed by atoms with van der Waals surface area (Å²) in [5.41, 5.74) is 3.85. The highest BCUT2D eigenvalue weighted by molar-refractivity contribution is 6.21. The smallest absolute Gasteiger partial charge is 0.306 e. The van der Waals surface area contributed by atoms with Crippen LogP contribution < -0.4 is 5.32 Å². The van der Waals surface area contributed by atoms with Crippen molar-refractivity contribution >= 4 is 29.5 Å². The molecule has 2 aromatic rings. The minimum atomic E-state index is -0.600. The molecule has 188 valence electrons. The molecular weight excluding hydrogens is 460 g/mol. The SMILES string of the molecule is Cc1ccc2c(c1)C(=O)N(CCCC(=O)OCC(=O)Nc1c(C#N)c(C)c(C)n1C1CCCC1)C2=O. The zero-order chi connectivity index (χ0) is 26.0. The number of anilines is 1. The largest absolute Gasteiger partial charge is 0.456 e. The minimum absolute atomic E-state index is 0.0418. The molecule has 0 radical (unpaired) electrons. The molecule has 3 amide bonds. The molecule has 1 fully saturated rings. The molecule has 1 saturated carbocycles. The van der Waals surface area contributed by atoms with E-state index in [9.17, 15) is 24.4 Å². The molecule has 1 aliphatic heterocycles. The molecule has 1 aromatic carbocycles. The van der Waals surface area contributed by atoms with Crippen molar-refractivity contribution in [2.24, 2.45) is 0 Å². The number of ether oxygens (including phenoxy) is 1. The Labute approximate surface area is 210 Å². The molecule has 9 nitrogen and oxygen atoms in total. The fourth-order valence-corrected chi connectivity index (χ4v) is 5.08. The fraction of sp³-hybridized carbons (Fsp3) is 0.444. The molecule has 0 bridgehead atoms. The summed E-state index contributed by atoms with van der Waals surface area (Å²) in [6.45, 7) is 5.27. The van der Waals surface area contributed by atoms with Gasteiger partial charge in [0.05, 0.1) is 16.7 Å². The molecule has 1 aliphatic carbocycles. The van der Waals surface area contributed by atoms with Crippen LogP contribution in [0.25, 0.3) is 0 Å². The van der Waals surface area contributed by atoms with Gasteiger partial charge >= 0.3 is 5.97 Å². The van der Waals surface area contributed by atoms with E-state index in [2.05, 4.69) is 11.4 Å². The van der Waals surface area contributed by atoms with E-state index >= 15 is 0 Å². The summed E-state index contributed by atoms with van der Waals surface area (Å²) in [6, 6.07) is 7.53. The Morgan fingerprint density at radius 1 is 1.11 bits per heavy atom. The van der Waals surface area contributed by atoms with Gasteiger partial charge in [-0.3, -0.25) is 24.1 Å². The highest BCUT2D eigenvalue weighted by Gasteiger charge is 2.35. The number of nitrogens with one attached hydrogen (secondary N) is 1. The standard InChI is InChI=1S/C27H30N4O5/c1-16-10-11-20-21(13-16)27(35)30(26(20)34)12-6-9-24(33)36-15-23(32)29-25-22(14-28)17(2)18(3)31(25)19-7-4-5-8-19/h10-11,13,19H,4-9,12,15H2,1-3H3,(H,29,32). The molecule has 0 spiro atoms. The van der Waals surface area contributed by atoms with Crippen LogP contribution in [0.2, 0.25) is 0 Å². The molecule has 36 heavy (non-hydrogen) atoms. The second-order valence-corrected chi connectivity index (χ2v) is 9.48. The summed E-state index contributed by atoms with van der Waals surface area (Å²) in [7, 11) is 0. The maximum atomic E-state index is 12.6. The predicted octanol–water partition coefficient (Wildman–Crippen LogP) is 3.96. The molecule has 2 heterocycles. The third-order valence-electron chi connectivity index (χ3n) is 7.07. The average molecular weight is 491 g/mol. The van der Waals surface area contributed by atoms with E-state index in [1.165, 1.54) is 0 Å². The summed E-state index contributed by atoms with van der Waals surface area (Å²) < 4.78 is 7.15. The molecule has 1 N–H and O–H groups in total. The van der Waals surface area contributed by atoms with Crippen molar-refractivity contribution in [3.8, 4) is 6.07 Å². The summed E-state index contributed by atoms with van der Waals surface area (Å²) in [4.78, 5) is 51.0. The first-order valence-corrected chi connectivity index (χ1v) is 12.3. The van der Waals surface area contributed by atoms with Crippen molar-refractivity contribution in [1.82, 2.24) is 9.47 Å². The van der Waals surface area contributed by atoms with Crippen LogP contribution >= 0.6 is 0 Å². The number of hydrogen-bond donors (Lipinski definition) is 1.